The zero-order chi connectivity index (χ0) is 25.8. The van der Waals surface area contributed by atoms with Gasteiger partial charge in [-0.15, -0.1) is 0 Å². The maximum atomic E-state index is 15.1. The van der Waals surface area contributed by atoms with Gasteiger partial charge in [-0.3, -0.25) is 4.99 Å². The zero-order valence-corrected chi connectivity index (χ0v) is 20.7. The van der Waals surface area contributed by atoms with Crippen LogP contribution in [0.1, 0.15) is 30.6 Å². The van der Waals surface area contributed by atoms with Crippen LogP contribution in [0.4, 0.5) is 20.3 Å². The van der Waals surface area contributed by atoms with Crippen molar-refractivity contribution in [3.05, 3.63) is 59.8 Å². The Morgan fingerprint density at radius 1 is 1.27 bits per heavy atom. The van der Waals surface area contributed by atoms with Crippen molar-refractivity contribution in [2.45, 2.75) is 37.2 Å². The van der Waals surface area contributed by atoms with Crippen molar-refractivity contribution < 1.29 is 18.0 Å². The number of pyridine rings is 1. The maximum Gasteiger partial charge on any atom is 0.233 e. The van der Waals surface area contributed by atoms with E-state index in [4.69, 9.17) is 15.0 Å². The van der Waals surface area contributed by atoms with E-state index in [1.807, 2.05) is 6.92 Å². The van der Waals surface area contributed by atoms with Gasteiger partial charge in [-0.2, -0.15) is 4.98 Å². The number of halogens is 2. The van der Waals surface area contributed by atoms with Gasteiger partial charge in [0.2, 0.25) is 17.6 Å². The molecule has 6 rings (SSSR count). The molecule has 4 aromatic rings. The minimum absolute atomic E-state index is 0.0844. The van der Waals surface area contributed by atoms with Crippen LogP contribution in [0.2, 0.25) is 0 Å². The van der Waals surface area contributed by atoms with Gasteiger partial charge in [-0.05, 0) is 37.6 Å². The topological polar surface area (TPSA) is 137 Å². The number of thioether (sulfide) groups is 1. The quantitative estimate of drug-likeness (QED) is 0.362. The number of rotatable bonds is 7. The molecule has 13 heteroatoms. The van der Waals surface area contributed by atoms with Gasteiger partial charge >= 0.3 is 0 Å². The molecule has 0 radical (unpaired) electrons. The first-order valence-corrected chi connectivity index (χ1v) is 12.3. The highest BCUT2D eigenvalue weighted by Gasteiger charge is 2.66. The summed E-state index contributed by atoms with van der Waals surface area (Å²) in [5.74, 6) is 0.980. The number of anilines is 2. The zero-order valence-electron chi connectivity index (χ0n) is 19.9. The molecule has 10 nitrogen and oxygen atoms in total. The molecule has 190 valence electrons. The van der Waals surface area contributed by atoms with Crippen molar-refractivity contribution in [1.82, 2.24) is 25.1 Å². The molecular formula is C24H22F2N8O2S. The van der Waals surface area contributed by atoms with Crippen molar-refractivity contribution in [2.24, 2.45) is 16.6 Å². The molecule has 0 spiro atoms. The smallest absolute Gasteiger partial charge is 0.233 e. The molecule has 3 aromatic heterocycles. The second-order valence-electron chi connectivity index (χ2n) is 9.23. The molecule has 0 saturated heterocycles. The number of nitrogens with zero attached hydrogens (tertiary/aromatic N) is 6. The van der Waals surface area contributed by atoms with Crippen LogP contribution < -0.4 is 15.8 Å². The normalized spacial score (nSPS) is 24.4. The van der Waals surface area contributed by atoms with E-state index in [1.54, 1.807) is 31.3 Å². The van der Waals surface area contributed by atoms with Gasteiger partial charge < -0.3 is 20.3 Å². The fourth-order valence-corrected chi connectivity index (χ4v) is 6.15. The summed E-state index contributed by atoms with van der Waals surface area (Å²) < 4.78 is 38.8. The summed E-state index contributed by atoms with van der Waals surface area (Å²) in [6, 6.07) is 6.33. The van der Waals surface area contributed by atoms with E-state index < -0.39 is 22.8 Å². The van der Waals surface area contributed by atoms with Gasteiger partial charge in [-0.1, -0.05) is 16.9 Å². The lowest BCUT2D eigenvalue weighted by atomic mass is 9.85. The van der Waals surface area contributed by atoms with Gasteiger partial charge in [0.25, 0.3) is 0 Å². The minimum Gasteiger partial charge on any atom is -0.468 e. The monoisotopic (exact) mass is 524 g/mol. The van der Waals surface area contributed by atoms with Crippen LogP contribution in [-0.4, -0.2) is 41.7 Å². The van der Waals surface area contributed by atoms with E-state index in [1.165, 1.54) is 24.0 Å². The standard InChI is InChI=1S/C24H22F2N8O2S/c1-12-30-18(34-36-12)10-35-19-9-29-20-16(32-19)5-6-28-21(20)31-13-3-4-15(26)14(7-13)23(2)17-8-24(17,11-25)37-22(27)33-23/h3-7,9,17H,8,10-11H2,1-2H3,(H2,27,33)(H,28,31)/t17-,23+,24+/m0/s1. The van der Waals surface area contributed by atoms with Crippen molar-refractivity contribution in [3.63, 3.8) is 0 Å². The molecule has 4 heterocycles. The van der Waals surface area contributed by atoms with E-state index >= 15 is 4.39 Å². The molecule has 1 fully saturated rings. The highest BCUT2D eigenvalue weighted by Crippen LogP contribution is 2.66. The molecule has 1 saturated carbocycles. The predicted octanol–water partition coefficient (Wildman–Crippen LogP) is 4.18. The molecule has 37 heavy (non-hydrogen) atoms. The molecule has 1 aromatic carbocycles. The average Bonchev–Trinajstić information content (AvgIpc) is 3.48. The SMILES string of the molecule is Cc1nc(COc2cnc3c(Nc4ccc(F)c([C@@]5(C)N=C(N)S[C@@]6(CF)C[C@H]65)c4)nccc3n2)no1. The lowest BCUT2D eigenvalue weighted by Gasteiger charge is -2.33. The molecule has 0 unspecified atom stereocenters. The van der Waals surface area contributed by atoms with Crippen LogP contribution in [0.3, 0.4) is 0 Å². The van der Waals surface area contributed by atoms with Crippen LogP contribution in [0.25, 0.3) is 11.0 Å². The lowest BCUT2D eigenvalue weighted by molar-refractivity contribution is 0.275. The third-order valence-electron chi connectivity index (χ3n) is 6.71. The number of ether oxygens (including phenoxy) is 1. The van der Waals surface area contributed by atoms with Crippen LogP contribution in [0, 0.1) is 18.7 Å². The van der Waals surface area contributed by atoms with Gasteiger partial charge in [0.1, 0.15) is 18.0 Å². The first-order valence-electron chi connectivity index (χ1n) is 11.5. The number of alkyl halides is 1. The van der Waals surface area contributed by atoms with Gasteiger partial charge in [-0.25, -0.2) is 23.7 Å². The van der Waals surface area contributed by atoms with Crippen molar-refractivity contribution >= 4 is 39.5 Å². The molecule has 0 bridgehead atoms. The van der Waals surface area contributed by atoms with E-state index in [0.717, 1.165) is 0 Å². The number of amidine groups is 1. The molecule has 3 N–H and O–H groups in total. The van der Waals surface area contributed by atoms with Crippen LogP contribution in [-0.2, 0) is 12.1 Å². The summed E-state index contributed by atoms with van der Waals surface area (Å²) >= 11 is 1.25. The number of nitrogens with two attached hydrogens (primary N) is 1. The Morgan fingerprint density at radius 3 is 2.92 bits per heavy atom. The minimum atomic E-state index is -0.974. The molecular weight excluding hydrogens is 502 g/mol. The largest absolute Gasteiger partial charge is 0.468 e. The second-order valence-corrected chi connectivity index (χ2v) is 10.7. The van der Waals surface area contributed by atoms with E-state index in [9.17, 15) is 4.39 Å². The summed E-state index contributed by atoms with van der Waals surface area (Å²) in [6.45, 7) is 3.05. The van der Waals surface area contributed by atoms with E-state index in [0.29, 0.717) is 46.2 Å². The predicted molar refractivity (Wildman–Crippen MR) is 134 cm³/mol. The summed E-state index contributed by atoms with van der Waals surface area (Å²) in [6.07, 6.45) is 3.64. The Kier molecular flexibility index (Phi) is 5.48. The van der Waals surface area contributed by atoms with Crippen LogP contribution in [0.15, 0.2) is 46.2 Å². The van der Waals surface area contributed by atoms with E-state index in [-0.39, 0.29) is 23.6 Å². The second kappa shape index (κ2) is 8.61. The molecule has 2 aliphatic rings. The first kappa shape index (κ1) is 23.5. The van der Waals surface area contributed by atoms with Crippen molar-refractivity contribution in [2.75, 3.05) is 12.0 Å². The summed E-state index contributed by atoms with van der Waals surface area (Å²) in [5.41, 5.74) is 7.02. The third-order valence-corrected chi connectivity index (χ3v) is 7.98. The summed E-state index contributed by atoms with van der Waals surface area (Å²) in [5, 5.41) is 7.26. The fourth-order valence-electron chi connectivity index (χ4n) is 4.83. The third kappa shape index (κ3) is 4.12. The maximum absolute atomic E-state index is 15.1. The van der Waals surface area contributed by atoms with E-state index in [2.05, 4.69) is 35.4 Å². The Hall–Kier alpha value is -3.87. The molecule has 3 atom stereocenters. The number of aryl methyl sites for hydroxylation is 1. The number of aliphatic imine (C=N–C) groups is 1. The lowest BCUT2D eigenvalue weighted by Crippen LogP contribution is -2.36. The number of nitrogens with one attached hydrogen (secondary N) is 1. The molecule has 0 amide bonds. The fraction of sp³-hybridized carbons (Fsp3) is 0.333. The summed E-state index contributed by atoms with van der Waals surface area (Å²) in [4.78, 5) is 22.0. The van der Waals surface area contributed by atoms with Gasteiger partial charge in [0.15, 0.2) is 17.6 Å². The highest BCUT2D eigenvalue weighted by atomic mass is 32.2. The number of benzene rings is 1. The first-order chi connectivity index (χ1) is 17.8. The Labute approximate surface area is 214 Å². The number of fused-ring (bicyclic) bond motifs is 2. The summed E-state index contributed by atoms with van der Waals surface area (Å²) in [7, 11) is 0. The Balaban J connectivity index is 1.27. The highest BCUT2D eigenvalue weighted by molar-refractivity contribution is 8.15. The van der Waals surface area contributed by atoms with Crippen LogP contribution >= 0.6 is 11.8 Å². The van der Waals surface area contributed by atoms with Gasteiger partial charge in [0, 0.05) is 30.3 Å². The average molecular weight is 525 g/mol. The van der Waals surface area contributed by atoms with Crippen molar-refractivity contribution in [3.8, 4) is 5.88 Å². The number of hydrogen-bond acceptors (Lipinski definition) is 11. The Morgan fingerprint density at radius 2 is 2.14 bits per heavy atom. The molecule has 1 aliphatic carbocycles. The molecule has 1 aliphatic heterocycles. The van der Waals surface area contributed by atoms with Crippen molar-refractivity contribution in [1.29, 1.82) is 0 Å². The Bertz CT molecular complexity index is 1550. The van der Waals surface area contributed by atoms with Gasteiger partial charge in [0.05, 0.1) is 22.0 Å². The number of aromatic nitrogens is 5. The van der Waals surface area contributed by atoms with Crippen LogP contribution in [0.5, 0.6) is 5.88 Å². The number of hydrogen-bond donors (Lipinski definition) is 2.